The summed E-state index contributed by atoms with van der Waals surface area (Å²) in [5.74, 6) is 0.271. The maximum atomic E-state index is 12.5. The van der Waals surface area contributed by atoms with Gasteiger partial charge in [0.1, 0.15) is 0 Å². The van der Waals surface area contributed by atoms with E-state index in [-0.39, 0.29) is 10.7 Å². The number of nitrogens with zero attached hydrogens (tertiary/aromatic N) is 3. The fourth-order valence-electron chi connectivity index (χ4n) is 1.95. The number of sulfonamides is 1. The van der Waals surface area contributed by atoms with Crippen LogP contribution in [0.4, 0.5) is 5.69 Å². The molecule has 1 aromatic heterocycles. The molecule has 0 spiro atoms. The van der Waals surface area contributed by atoms with Gasteiger partial charge in [0.15, 0.2) is 5.82 Å². The van der Waals surface area contributed by atoms with Crippen molar-refractivity contribution in [1.82, 2.24) is 25.3 Å². The molecular formula is C11H16N6O2S. The van der Waals surface area contributed by atoms with Crippen molar-refractivity contribution in [1.29, 1.82) is 0 Å². The van der Waals surface area contributed by atoms with Gasteiger partial charge < -0.3 is 5.73 Å². The molecule has 0 saturated heterocycles. The highest BCUT2D eigenvalue weighted by molar-refractivity contribution is 7.89. The lowest BCUT2D eigenvalue weighted by molar-refractivity contribution is 0.559. The Balaban J connectivity index is 2.39. The van der Waals surface area contributed by atoms with E-state index in [1.54, 1.807) is 32.9 Å². The number of H-pyrrole nitrogens is 1. The van der Waals surface area contributed by atoms with Crippen LogP contribution in [0.1, 0.15) is 29.9 Å². The van der Waals surface area contributed by atoms with Crippen LogP contribution in [-0.2, 0) is 10.0 Å². The Bertz CT molecular complexity index is 711. The van der Waals surface area contributed by atoms with Gasteiger partial charge in [0, 0.05) is 5.69 Å². The third kappa shape index (κ3) is 2.63. The zero-order valence-corrected chi connectivity index (χ0v) is 12.2. The topological polar surface area (TPSA) is 127 Å². The van der Waals surface area contributed by atoms with E-state index in [4.69, 9.17) is 5.73 Å². The van der Waals surface area contributed by atoms with E-state index in [2.05, 4.69) is 25.3 Å². The summed E-state index contributed by atoms with van der Waals surface area (Å²) in [7, 11) is -3.72. The minimum Gasteiger partial charge on any atom is -0.398 e. The number of nitrogens with two attached hydrogens (primary N) is 1. The first-order valence-corrected chi connectivity index (χ1v) is 7.42. The summed E-state index contributed by atoms with van der Waals surface area (Å²) in [5, 5.41) is 13.2. The normalized spacial score (nSPS) is 13.3. The van der Waals surface area contributed by atoms with Crippen molar-refractivity contribution < 1.29 is 8.42 Å². The lowest BCUT2D eigenvalue weighted by Crippen LogP contribution is -2.29. The Morgan fingerprint density at radius 1 is 1.35 bits per heavy atom. The standard InChI is InChI=1S/C11H16N6O2S/c1-6-4-5-9(12)7(2)10(6)20(18,19)15-8(3)11-13-16-17-14-11/h4-5,8,15H,12H2,1-3H3,(H,13,14,16,17). The van der Waals surface area contributed by atoms with Crippen molar-refractivity contribution in [3.8, 4) is 0 Å². The largest absolute Gasteiger partial charge is 0.398 e. The molecule has 8 nitrogen and oxygen atoms in total. The Morgan fingerprint density at radius 2 is 2.05 bits per heavy atom. The summed E-state index contributed by atoms with van der Waals surface area (Å²) in [6, 6.07) is 2.77. The van der Waals surface area contributed by atoms with Gasteiger partial charge in [-0.05, 0) is 38.0 Å². The Labute approximate surface area is 116 Å². The first-order valence-electron chi connectivity index (χ1n) is 5.94. The molecule has 2 rings (SSSR count). The molecule has 0 fully saturated rings. The summed E-state index contributed by atoms with van der Waals surface area (Å²) in [6.07, 6.45) is 0. The smallest absolute Gasteiger partial charge is 0.241 e. The summed E-state index contributed by atoms with van der Waals surface area (Å²) < 4.78 is 27.5. The number of anilines is 1. The molecule has 1 unspecified atom stereocenters. The van der Waals surface area contributed by atoms with E-state index in [1.807, 2.05) is 0 Å². The fourth-order valence-corrected chi connectivity index (χ4v) is 3.65. The molecule has 0 aliphatic heterocycles. The van der Waals surface area contributed by atoms with Gasteiger partial charge in [-0.25, -0.2) is 13.1 Å². The number of benzene rings is 1. The molecule has 20 heavy (non-hydrogen) atoms. The molecule has 1 atom stereocenters. The van der Waals surface area contributed by atoms with E-state index < -0.39 is 16.1 Å². The molecule has 0 aliphatic rings. The molecule has 1 heterocycles. The molecule has 9 heteroatoms. The van der Waals surface area contributed by atoms with E-state index in [9.17, 15) is 8.42 Å². The number of hydrogen-bond acceptors (Lipinski definition) is 6. The third-order valence-corrected chi connectivity index (χ3v) is 4.82. The van der Waals surface area contributed by atoms with Crippen molar-refractivity contribution in [2.75, 3.05) is 5.73 Å². The van der Waals surface area contributed by atoms with Gasteiger partial charge in [-0.3, -0.25) is 0 Å². The minimum absolute atomic E-state index is 0.188. The third-order valence-electron chi connectivity index (χ3n) is 2.99. The van der Waals surface area contributed by atoms with E-state index in [0.717, 1.165) is 0 Å². The van der Waals surface area contributed by atoms with Crippen LogP contribution in [0.5, 0.6) is 0 Å². The molecule has 0 aliphatic carbocycles. The fraction of sp³-hybridized carbons (Fsp3) is 0.364. The highest BCUT2D eigenvalue weighted by atomic mass is 32.2. The SMILES string of the molecule is Cc1ccc(N)c(C)c1S(=O)(=O)NC(C)c1nn[nH]n1. The van der Waals surface area contributed by atoms with Gasteiger partial charge >= 0.3 is 0 Å². The Morgan fingerprint density at radius 3 is 2.65 bits per heavy atom. The number of aromatic amines is 1. The second-order valence-electron chi connectivity index (χ2n) is 4.54. The van der Waals surface area contributed by atoms with Crippen molar-refractivity contribution in [2.45, 2.75) is 31.7 Å². The molecule has 0 radical (unpaired) electrons. The number of tetrazole rings is 1. The number of aromatic nitrogens is 4. The number of hydrogen-bond donors (Lipinski definition) is 3. The predicted octanol–water partition coefficient (Wildman–Crippen LogP) is 0.438. The van der Waals surface area contributed by atoms with Crippen LogP contribution >= 0.6 is 0 Å². The van der Waals surface area contributed by atoms with E-state index >= 15 is 0 Å². The van der Waals surface area contributed by atoms with Crippen LogP contribution in [-0.4, -0.2) is 29.0 Å². The van der Waals surface area contributed by atoms with Gasteiger partial charge in [-0.1, -0.05) is 11.3 Å². The Kier molecular flexibility index (Phi) is 3.73. The highest BCUT2D eigenvalue weighted by Gasteiger charge is 2.24. The zero-order valence-electron chi connectivity index (χ0n) is 11.4. The average Bonchev–Trinajstić information content (AvgIpc) is 2.87. The quantitative estimate of drug-likeness (QED) is 0.702. The van der Waals surface area contributed by atoms with E-state index in [0.29, 0.717) is 16.8 Å². The van der Waals surface area contributed by atoms with Gasteiger partial charge in [0.2, 0.25) is 10.0 Å². The van der Waals surface area contributed by atoms with Crippen LogP contribution in [0.3, 0.4) is 0 Å². The molecule has 108 valence electrons. The van der Waals surface area contributed by atoms with Crippen molar-refractivity contribution in [2.24, 2.45) is 0 Å². The molecule has 0 amide bonds. The second-order valence-corrected chi connectivity index (χ2v) is 6.19. The summed E-state index contributed by atoms with van der Waals surface area (Å²) in [5.41, 5.74) is 7.37. The minimum atomic E-state index is -3.72. The molecule has 0 saturated carbocycles. The van der Waals surface area contributed by atoms with Gasteiger partial charge in [0.25, 0.3) is 0 Å². The number of aryl methyl sites for hydroxylation is 1. The van der Waals surface area contributed by atoms with E-state index in [1.165, 1.54) is 0 Å². The van der Waals surface area contributed by atoms with Crippen molar-refractivity contribution in [3.63, 3.8) is 0 Å². The lowest BCUT2D eigenvalue weighted by atomic mass is 10.1. The van der Waals surface area contributed by atoms with Crippen LogP contribution < -0.4 is 10.5 Å². The first kappa shape index (κ1) is 14.4. The monoisotopic (exact) mass is 296 g/mol. The average molecular weight is 296 g/mol. The molecule has 2 aromatic rings. The van der Waals surface area contributed by atoms with Gasteiger partial charge in [-0.2, -0.15) is 5.21 Å². The summed E-state index contributed by atoms with van der Waals surface area (Å²) in [6.45, 7) is 5.04. The number of rotatable bonds is 4. The molecule has 0 bridgehead atoms. The van der Waals surface area contributed by atoms with Crippen LogP contribution in [0.2, 0.25) is 0 Å². The number of nitrogen functional groups attached to an aromatic ring is 1. The molecule has 4 N–H and O–H groups in total. The molecular weight excluding hydrogens is 280 g/mol. The predicted molar refractivity (Wildman–Crippen MR) is 73.2 cm³/mol. The Hall–Kier alpha value is -2.00. The second kappa shape index (κ2) is 5.17. The summed E-state index contributed by atoms with van der Waals surface area (Å²) >= 11 is 0. The van der Waals surface area contributed by atoms with Gasteiger partial charge in [-0.15, -0.1) is 10.2 Å². The first-order chi connectivity index (χ1) is 9.33. The van der Waals surface area contributed by atoms with Gasteiger partial charge in [0.05, 0.1) is 10.9 Å². The number of nitrogens with one attached hydrogen (secondary N) is 2. The lowest BCUT2D eigenvalue weighted by Gasteiger charge is -2.15. The summed E-state index contributed by atoms with van der Waals surface area (Å²) in [4.78, 5) is 0.188. The maximum absolute atomic E-state index is 12.5. The highest BCUT2D eigenvalue weighted by Crippen LogP contribution is 2.25. The van der Waals surface area contributed by atoms with Crippen molar-refractivity contribution in [3.05, 3.63) is 29.1 Å². The van der Waals surface area contributed by atoms with Crippen molar-refractivity contribution >= 4 is 15.7 Å². The molecule has 1 aromatic carbocycles. The van der Waals surface area contributed by atoms with Crippen LogP contribution in [0.25, 0.3) is 0 Å². The van der Waals surface area contributed by atoms with Crippen LogP contribution in [0, 0.1) is 13.8 Å². The zero-order chi connectivity index (χ0) is 14.9. The van der Waals surface area contributed by atoms with Crippen LogP contribution in [0.15, 0.2) is 17.0 Å². The maximum Gasteiger partial charge on any atom is 0.241 e.